The average molecular weight is 307 g/mol. The van der Waals surface area contributed by atoms with Crippen molar-refractivity contribution in [3.63, 3.8) is 0 Å². The van der Waals surface area contributed by atoms with E-state index < -0.39 is 6.43 Å². The molecule has 1 atom stereocenters. The summed E-state index contributed by atoms with van der Waals surface area (Å²) in [5.74, 6) is 0.577. The summed E-state index contributed by atoms with van der Waals surface area (Å²) in [5.41, 5.74) is 2.07. The fraction of sp³-hybridized carbons (Fsp3) is 0.467. The number of nitrogens with zero attached hydrogens (tertiary/aromatic N) is 3. The molecule has 3 heterocycles. The van der Waals surface area contributed by atoms with Crippen LogP contribution < -0.4 is 10.6 Å². The maximum absolute atomic E-state index is 12.8. The number of halogens is 2. The molecule has 7 heteroatoms. The van der Waals surface area contributed by atoms with Crippen LogP contribution in [0.1, 0.15) is 24.4 Å². The number of hydrogen-bond donors (Lipinski definition) is 2. The van der Waals surface area contributed by atoms with E-state index in [2.05, 4.69) is 20.6 Å². The summed E-state index contributed by atoms with van der Waals surface area (Å²) in [4.78, 5) is 8.54. The van der Waals surface area contributed by atoms with Crippen molar-refractivity contribution in [3.8, 4) is 11.3 Å². The van der Waals surface area contributed by atoms with Gasteiger partial charge < -0.3 is 15.2 Å². The fourth-order valence-corrected chi connectivity index (χ4v) is 2.71. The number of aromatic nitrogens is 3. The molecule has 0 spiro atoms. The summed E-state index contributed by atoms with van der Waals surface area (Å²) in [6, 6.07) is 4.14. The van der Waals surface area contributed by atoms with E-state index in [-0.39, 0.29) is 5.82 Å². The van der Waals surface area contributed by atoms with Crippen LogP contribution in [0.4, 0.5) is 14.6 Å². The maximum Gasteiger partial charge on any atom is 0.295 e. The van der Waals surface area contributed by atoms with E-state index in [9.17, 15) is 8.78 Å². The highest BCUT2D eigenvalue weighted by atomic mass is 19.3. The van der Waals surface area contributed by atoms with E-state index >= 15 is 0 Å². The van der Waals surface area contributed by atoms with Gasteiger partial charge in [-0.2, -0.15) is 0 Å². The molecule has 0 aromatic carbocycles. The van der Waals surface area contributed by atoms with Crippen molar-refractivity contribution in [2.75, 3.05) is 18.4 Å². The number of pyridine rings is 1. The van der Waals surface area contributed by atoms with E-state index in [4.69, 9.17) is 0 Å². The largest absolute Gasteiger partial charge is 0.366 e. The van der Waals surface area contributed by atoms with Crippen LogP contribution in [0.25, 0.3) is 11.3 Å². The molecule has 0 saturated carbocycles. The Morgan fingerprint density at radius 3 is 2.77 bits per heavy atom. The van der Waals surface area contributed by atoms with E-state index in [1.165, 1.54) is 4.57 Å². The Morgan fingerprint density at radius 1 is 1.36 bits per heavy atom. The number of aryl methyl sites for hydroxylation is 2. The van der Waals surface area contributed by atoms with Gasteiger partial charge in [-0.05, 0) is 32.0 Å². The maximum atomic E-state index is 12.8. The summed E-state index contributed by atoms with van der Waals surface area (Å²) in [6.07, 6.45) is 0.0998. The molecule has 2 N–H and O–H groups in total. The van der Waals surface area contributed by atoms with E-state index in [0.717, 1.165) is 36.6 Å². The quantitative estimate of drug-likeness (QED) is 0.911. The van der Waals surface area contributed by atoms with Crippen molar-refractivity contribution < 1.29 is 8.78 Å². The van der Waals surface area contributed by atoms with Gasteiger partial charge in [0.15, 0.2) is 5.82 Å². The Hall–Kier alpha value is -2.02. The third-order valence-corrected chi connectivity index (χ3v) is 3.88. The lowest BCUT2D eigenvalue weighted by atomic mass is 10.1. The first-order chi connectivity index (χ1) is 10.5. The number of anilines is 1. The van der Waals surface area contributed by atoms with Gasteiger partial charge in [-0.3, -0.25) is 0 Å². The zero-order valence-electron chi connectivity index (χ0n) is 12.6. The molecule has 0 bridgehead atoms. The predicted octanol–water partition coefficient (Wildman–Crippen LogP) is 2.50. The van der Waals surface area contributed by atoms with Crippen LogP contribution in [-0.2, 0) is 7.05 Å². The second-order valence-corrected chi connectivity index (χ2v) is 5.56. The Balaban J connectivity index is 1.84. The minimum Gasteiger partial charge on any atom is -0.366 e. The van der Waals surface area contributed by atoms with Gasteiger partial charge in [0.2, 0.25) is 0 Å². The molecule has 1 fully saturated rings. The first-order valence-electron chi connectivity index (χ1n) is 7.31. The van der Waals surface area contributed by atoms with Crippen molar-refractivity contribution >= 4 is 5.82 Å². The second-order valence-electron chi connectivity index (χ2n) is 5.56. The van der Waals surface area contributed by atoms with E-state index in [1.54, 1.807) is 13.2 Å². The van der Waals surface area contributed by atoms with Crippen LogP contribution in [-0.4, -0.2) is 33.7 Å². The minimum absolute atomic E-state index is 0.228. The lowest BCUT2D eigenvalue weighted by Crippen LogP contribution is -2.22. The highest BCUT2D eigenvalue weighted by Crippen LogP contribution is 2.26. The summed E-state index contributed by atoms with van der Waals surface area (Å²) in [5, 5.41) is 6.67. The molecule has 118 valence electrons. The SMILES string of the molecule is Cc1nc(N[C@H]2CCNC2)ccc1-c1cn(C)c(C(F)F)n1. The molecule has 2 aromatic heterocycles. The first-order valence-corrected chi connectivity index (χ1v) is 7.31. The molecule has 0 aliphatic carbocycles. The summed E-state index contributed by atoms with van der Waals surface area (Å²) < 4.78 is 27.0. The molecular formula is C15H19F2N5. The van der Waals surface area contributed by atoms with Crippen molar-refractivity contribution in [1.29, 1.82) is 0 Å². The molecular weight excluding hydrogens is 288 g/mol. The van der Waals surface area contributed by atoms with Crippen molar-refractivity contribution in [3.05, 3.63) is 29.8 Å². The number of hydrogen-bond acceptors (Lipinski definition) is 4. The molecule has 1 aliphatic heterocycles. The van der Waals surface area contributed by atoms with Crippen molar-refractivity contribution in [2.45, 2.75) is 25.8 Å². The highest BCUT2D eigenvalue weighted by Gasteiger charge is 2.18. The monoisotopic (exact) mass is 307 g/mol. The van der Waals surface area contributed by atoms with Gasteiger partial charge in [0.25, 0.3) is 6.43 Å². The Labute approximate surface area is 127 Å². The molecule has 3 rings (SSSR count). The van der Waals surface area contributed by atoms with Gasteiger partial charge in [0.1, 0.15) is 5.82 Å². The number of rotatable bonds is 4. The van der Waals surface area contributed by atoms with Crippen LogP contribution in [0.5, 0.6) is 0 Å². The normalized spacial score (nSPS) is 18.1. The van der Waals surface area contributed by atoms with E-state index in [1.807, 2.05) is 19.1 Å². The lowest BCUT2D eigenvalue weighted by Gasteiger charge is -2.13. The molecule has 5 nitrogen and oxygen atoms in total. The second kappa shape index (κ2) is 6.00. The Morgan fingerprint density at radius 2 is 2.18 bits per heavy atom. The fourth-order valence-electron chi connectivity index (χ4n) is 2.71. The molecule has 1 aliphatic rings. The van der Waals surface area contributed by atoms with Gasteiger partial charge in [0.05, 0.1) is 5.69 Å². The molecule has 22 heavy (non-hydrogen) atoms. The Kier molecular flexibility index (Phi) is 4.06. The number of imidazole rings is 1. The highest BCUT2D eigenvalue weighted by molar-refractivity contribution is 5.63. The summed E-state index contributed by atoms with van der Waals surface area (Å²) in [6.45, 7) is 3.81. The third kappa shape index (κ3) is 2.94. The van der Waals surface area contributed by atoms with Gasteiger partial charge >= 0.3 is 0 Å². The van der Waals surface area contributed by atoms with Crippen molar-refractivity contribution in [1.82, 2.24) is 19.9 Å². The molecule has 0 amide bonds. The van der Waals surface area contributed by atoms with Crippen LogP contribution in [0.15, 0.2) is 18.3 Å². The minimum atomic E-state index is -2.58. The van der Waals surface area contributed by atoms with E-state index in [0.29, 0.717) is 11.7 Å². The molecule has 0 unspecified atom stereocenters. The van der Waals surface area contributed by atoms with Gasteiger partial charge in [0, 0.05) is 37.1 Å². The number of nitrogens with one attached hydrogen (secondary N) is 2. The molecule has 1 saturated heterocycles. The third-order valence-electron chi connectivity index (χ3n) is 3.88. The summed E-state index contributed by atoms with van der Waals surface area (Å²) in [7, 11) is 1.57. The Bertz CT molecular complexity index is 662. The first kappa shape index (κ1) is 14.9. The van der Waals surface area contributed by atoms with Gasteiger partial charge in [-0.15, -0.1) is 0 Å². The topological polar surface area (TPSA) is 54.8 Å². The number of alkyl halides is 2. The summed E-state index contributed by atoms with van der Waals surface area (Å²) >= 11 is 0. The smallest absolute Gasteiger partial charge is 0.295 e. The zero-order chi connectivity index (χ0) is 15.7. The van der Waals surface area contributed by atoms with Gasteiger partial charge in [-0.25, -0.2) is 18.7 Å². The molecule has 0 radical (unpaired) electrons. The zero-order valence-corrected chi connectivity index (χ0v) is 12.6. The molecule has 2 aromatic rings. The van der Waals surface area contributed by atoms with Crippen LogP contribution in [0.2, 0.25) is 0 Å². The standard InChI is InChI=1S/C15H19F2N5/c1-9-11(12-8-22(2)15(21-12)14(16)17)3-4-13(19-9)20-10-5-6-18-7-10/h3-4,8,10,14,18H,5-7H2,1-2H3,(H,19,20)/t10-/m0/s1. The van der Waals surface area contributed by atoms with Crippen LogP contribution >= 0.6 is 0 Å². The van der Waals surface area contributed by atoms with Gasteiger partial charge in [-0.1, -0.05) is 0 Å². The average Bonchev–Trinajstić information content (AvgIpc) is 3.08. The lowest BCUT2D eigenvalue weighted by molar-refractivity contribution is 0.137. The van der Waals surface area contributed by atoms with Crippen molar-refractivity contribution in [2.24, 2.45) is 7.05 Å². The predicted molar refractivity (Wildman–Crippen MR) is 81.0 cm³/mol. The van der Waals surface area contributed by atoms with Crippen LogP contribution in [0.3, 0.4) is 0 Å². The van der Waals surface area contributed by atoms with Crippen LogP contribution in [0, 0.1) is 6.92 Å².